The Labute approximate surface area is 189 Å². The van der Waals surface area contributed by atoms with E-state index in [0.29, 0.717) is 5.92 Å². The Hall–Kier alpha value is -2.08. The number of guanidine groups is 1. The number of unbranched alkanes of at least 4 members (excludes halogenated alkanes) is 1. The summed E-state index contributed by atoms with van der Waals surface area (Å²) in [4.78, 5) is 18.5. The lowest BCUT2D eigenvalue weighted by Gasteiger charge is -2.30. The highest BCUT2D eigenvalue weighted by Gasteiger charge is 2.22. The van der Waals surface area contributed by atoms with Gasteiger partial charge in [0.25, 0.3) is 0 Å². The van der Waals surface area contributed by atoms with Crippen LogP contribution < -0.4 is 16.4 Å². The topological polar surface area (TPSA) is 82.8 Å². The predicted octanol–water partition coefficient (Wildman–Crippen LogP) is 3.48. The van der Waals surface area contributed by atoms with Crippen molar-refractivity contribution in [3.8, 4) is 0 Å². The number of hydrogen-bond acceptors (Lipinski definition) is 3. The van der Waals surface area contributed by atoms with Gasteiger partial charge in [0.05, 0.1) is 6.04 Å². The highest BCUT2D eigenvalue weighted by atomic mass is 16.1. The maximum absolute atomic E-state index is 11.3. The molecule has 0 bridgehead atoms. The van der Waals surface area contributed by atoms with E-state index in [4.69, 9.17) is 10.7 Å². The van der Waals surface area contributed by atoms with Crippen LogP contribution >= 0.6 is 0 Å². The number of hydrogen-bond donors (Lipinski definition) is 3. The minimum atomic E-state index is -0.141. The van der Waals surface area contributed by atoms with Crippen LogP contribution in [-0.2, 0) is 11.2 Å². The van der Waals surface area contributed by atoms with Crippen molar-refractivity contribution in [2.24, 2.45) is 22.6 Å². The number of nitrogens with one attached hydrogen (secondary N) is 2. The molecule has 0 saturated carbocycles. The van der Waals surface area contributed by atoms with Crippen molar-refractivity contribution >= 4 is 11.9 Å². The average Bonchev–Trinajstić information content (AvgIpc) is 2.74. The van der Waals surface area contributed by atoms with Gasteiger partial charge in [0, 0.05) is 19.0 Å². The van der Waals surface area contributed by atoms with Gasteiger partial charge in [-0.15, -0.1) is 0 Å². The number of benzene rings is 1. The fourth-order valence-corrected chi connectivity index (χ4v) is 4.10. The molecule has 1 atom stereocenters. The lowest BCUT2D eigenvalue weighted by atomic mass is 9.96. The number of likely N-dealkylation sites (tertiary alicyclic amines) is 1. The van der Waals surface area contributed by atoms with E-state index < -0.39 is 0 Å². The second kappa shape index (κ2) is 13.4. The molecule has 31 heavy (non-hydrogen) atoms. The molecular weight excluding hydrogens is 386 g/mol. The van der Waals surface area contributed by atoms with Gasteiger partial charge < -0.3 is 21.3 Å². The maximum atomic E-state index is 11.3. The van der Waals surface area contributed by atoms with Gasteiger partial charge in [0.2, 0.25) is 5.91 Å². The molecule has 0 aliphatic carbocycles. The number of piperidine rings is 1. The third kappa shape index (κ3) is 9.30. The first-order valence-electron chi connectivity index (χ1n) is 12.0. The van der Waals surface area contributed by atoms with Gasteiger partial charge in [-0.3, -0.25) is 9.79 Å². The SMILES string of the molecule is CCNC(=NCCCCN1CCC(C(N)=O)CC1)NC(C)c1ccc(CC(C)C)cc1. The molecule has 6 heteroatoms. The second-order valence-corrected chi connectivity index (χ2v) is 9.19. The standard InChI is InChI=1S/C25H43N5O/c1-5-27-25(29-20(4)22-10-8-21(9-11-22)18-19(2)3)28-14-6-7-15-30-16-12-23(13-17-30)24(26)31/h8-11,19-20,23H,5-7,12-18H2,1-4H3,(H2,26,31)(H2,27,28,29). The molecule has 1 amide bonds. The lowest BCUT2D eigenvalue weighted by Crippen LogP contribution is -2.39. The van der Waals surface area contributed by atoms with Crippen molar-refractivity contribution in [1.29, 1.82) is 0 Å². The Morgan fingerprint density at radius 2 is 1.84 bits per heavy atom. The quantitative estimate of drug-likeness (QED) is 0.286. The molecule has 174 valence electrons. The third-order valence-electron chi connectivity index (χ3n) is 5.96. The van der Waals surface area contributed by atoms with Crippen molar-refractivity contribution in [1.82, 2.24) is 15.5 Å². The van der Waals surface area contributed by atoms with Crippen molar-refractivity contribution < 1.29 is 4.79 Å². The van der Waals surface area contributed by atoms with Crippen LogP contribution in [0.15, 0.2) is 29.3 Å². The largest absolute Gasteiger partial charge is 0.369 e. The summed E-state index contributed by atoms with van der Waals surface area (Å²) < 4.78 is 0. The van der Waals surface area contributed by atoms with Crippen molar-refractivity contribution in [3.05, 3.63) is 35.4 Å². The van der Waals surface area contributed by atoms with Crippen molar-refractivity contribution in [2.45, 2.75) is 65.8 Å². The molecule has 1 heterocycles. The summed E-state index contributed by atoms with van der Waals surface area (Å²) in [5.74, 6) is 1.49. The van der Waals surface area contributed by atoms with Gasteiger partial charge in [-0.05, 0) is 82.6 Å². The van der Waals surface area contributed by atoms with E-state index in [-0.39, 0.29) is 17.9 Å². The Balaban J connectivity index is 1.73. The molecule has 1 aromatic carbocycles. The van der Waals surface area contributed by atoms with Gasteiger partial charge in [-0.25, -0.2) is 0 Å². The molecule has 1 aromatic rings. The zero-order valence-electron chi connectivity index (χ0n) is 20.0. The van der Waals surface area contributed by atoms with E-state index in [1.54, 1.807) is 0 Å². The highest BCUT2D eigenvalue weighted by Crippen LogP contribution is 2.17. The number of nitrogens with zero attached hydrogens (tertiary/aromatic N) is 2. The first-order chi connectivity index (χ1) is 14.9. The fraction of sp³-hybridized carbons (Fsp3) is 0.680. The van der Waals surface area contributed by atoms with Crippen molar-refractivity contribution in [3.63, 3.8) is 0 Å². The zero-order valence-corrected chi connectivity index (χ0v) is 20.0. The number of aliphatic imine (C=N–C) groups is 1. The van der Waals surface area contributed by atoms with Crippen LogP contribution in [0.5, 0.6) is 0 Å². The number of carbonyl (C=O) groups excluding carboxylic acids is 1. The summed E-state index contributed by atoms with van der Waals surface area (Å²) in [5.41, 5.74) is 8.09. The predicted molar refractivity (Wildman–Crippen MR) is 130 cm³/mol. The van der Waals surface area contributed by atoms with E-state index in [1.165, 1.54) is 11.1 Å². The summed E-state index contributed by atoms with van der Waals surface area (Å²) in [5, 5.41) is 6.90. The summed E-state index contributed by atoms with van der Waals surface area (Å²) >= 11 is 0. The normalized spacial score (nSPS) is 17.0. The van der Waals surface area contributed by atoms with Gasteiger partial charge in [-0.2, -0.15) is 0 Å². The van der Waals surface area contributed by atoms with Crippen LogP contribution in [0.3, 0.4) is 0 Å². The number of carbonyl (C=O) groups is 1. The molecule has 1 saturated heterocycles. The first kappa shape index (κ1) is 25.2. The van der Waals surface area contributed by atoms with Gasteiger partial charge in [0.15, 0.2) is 5.96 Å². The van der Waals surface area contributed by atoms with E-state index >= 15 is 0 Å². The molecule has 2 rings (SSSR count). The molecule has 0 spiro atoms. The number of amides is 1. The second-order valence-electron chi connectivity index (χ2n) is 9.19. The lowest BCUT2D eigenvalue weighted by molar-refractivity contribution is -0.123. The van der Waals surface area contributed by atoms with Crippen LogP contribution in [0.2, 0.25) is 0 Å². The van der Waals surface area contributed by atoms with Gasteiger partial charge in [-0.1, -0.05) is 38.1 Å². The zero-order chi connectivity index (χ0) is 22.6. The van der Waals surface area contributed by atoms with Crippen LogP contribution in [0, 0.1) is 11.8 Å². The minimum absolute atomic E-state index is 0.0722. The number of nitrogens with two attached hydrogens (primary N) is 1. The van der Waals surface area contributed by atoms with Crippen LogP contribution in [-0.4, -0.2) is 49.5 Å². The molecule has 1 fully saturated rings. The highest BCUT2D eigenvalue weighted by molar-refractivity contribution is 5.80. The van der Waals surface area contributed by atoms with Crippen LogP contribution in [0.4, 0.5) is 0 Å². The molecule has 1 aliphatic heterocycles. The van der Waals surface area contributed by atoms with Crippen LogP contribution in [0.1, 0.15) is 70.5 Å². The molecule has 0 aromatic heterocycles. The summed E-state index contributed by atoms with van der Waals surface area (Å²) in [6.45, 7) is 13.5. The van der Waals surface area contributed by atoms with Gasteiger partial charge in [0.1, 0.15) is 0 Å². The number of primary amides is 1. The van der Waals surface area contributed by atoms with Crippen LogP contribution in [0.25, 0.3) is 0 Å². The van der Waals surface area contributed by atoms with E-state index in [1.807, 2.05) is 0 Å². The summed E-state index contributed by atoms with van der Waals surface area (Å²) in [6, 6.07) is 9.13. The van der Waals surface area contributed by atoms with E-state index in [9.17, 15) is 4.79 Å². The molecule has 1 unspecified atom stereocenters. The minimum Gasteiger partial charge on any atom is -0.369 e. The third-order valence-corrected chi connectivity index (χ3v) is 5.96. The Kier molecular flexibility index (Phi) is 10.9. The molecule has 4 N–H and O–H groups in total. The average molecular weight is 430 g/mol. The Morgan fingerprint density at radius 1 is 1.16 bits per heavy atom. The van der Waals surface area contributed by atoms with Crippen molar-refractivity contribution in [2.75, 3.05) is 32.7 Å². The number of rotatable bonds is 11. The first-order valence-corrected chi connectivity index (χ1v) is 12.0. The summed E-state index contributed by atoms with van der Waals surface area (Å²) in [7, 11) is 0. The molecule has 1 aliphatic rings. The molecular formula is C25H43N5O. The summed E-state index contributed by atoms with van der Waals surface area (Å²) in [6.07, 6.45) is 5.10. The smallest absolute Gasteiger partial charge is 0.220 e. The monoisotopic (exact) mass is 429 g/mol. The van der Waals surface area contributed by atoms with E-state index in [2.05, 4.69) is 67.5 Å². The Morgan fingerprint density at radius 3 is 2.42 bits per heavy atom. The molecule has 6 nitrogen and oxygen atoms in total. The maximum Gasteiger partial charge on any atom is 0.220 e. The fourth-order valence-electron chi connectivity index (χ4n) is 4.10. The molecule has 0 radical (unpaired) electrons. The van der Waals surface area contributed by atoms with Gasteiger partial charge >= 0.3 is 0 Å². The Bertz CT molecular complexity index is 678. The van der Waals surface area contributed by atoms with E-state index in [0.717, 1.165) is 70.8 Å².